The summed E-state index contributed by atoms with van der Waals surface area (Å²) in [5.41, 5.74) is 7.36. The van der Waals surface area contributed by atoms with Crippen LogP contribution in [0.25, 0.3) is 0 Å². The van der Waals surface area contributed by atoms with Crippen molar-refractivity contribution in [2.75, 3.05) is 13.1 Å². The average molecular weight is 267 g/mol. The molecule has 0 aromatic carbocycles. The van der Waals surface area contributed by atoms with Gasteiger partial charge in [0, 0.05) is 25.8 Å². The second kappa shape index (κ2) is 5.17. The first-order valence-electron chi connectivity index (χ1n) is 5.85. The Morgan fingerprint density at radius 2 is 2.22 bits per heavy atom. The Hall–Kier alpha value is -1.24. The van der Waals surface area contributed by atoms with Gasteiger partial charge in [0.2, 0.25) is 0 Å². The lowest BCUT2D eigenvalue weighted by Crippen LogP contribution is -2.35. The van der Waals surface area contributed by atoms with Crippen molar-refractivity contribution in [2.24, 2.45) is 5.73 Å². The van der Waals surface area contributed by atoms with Crippen LogP contribution in [0.3, 0.4) is 0 Å². The molecular weight excluding hydrogens is 250 g/mol. The first-order chi connectivity index (χ1) is 8.54. The molecule has 0 saturated carbocycles. The maximum absolute atomic E-state index is 12.3. The Morgan fingerprint density at radius 1 is 1.44 bits per heavy atom. The summed E-state index contributed by atoms with van der Waals surface area (Å²) in [6.07, 6.45) is 4.34. The van der Waals surface area contributed by atoms with Gasteiger partial charge in [0.1, 0.15) is 0 Å². The van der Waals surface area contributed by atoms with E-state index in [1.54, 1.807) is 6.07 Å². The average Bonchev–Trinajstić information content (AvgIpc) is 2.39. The van der Waals surface area contributed by atoms with Gasteiger partial charge >= 0.3 is 0 Å². The van der Waals surface area contributed by atoms with Crippen LogP contribution in [0.1, 0.15) is 18.9 Å². The van der Waals surface area contributed by atoms with Gasteiger partial charge in [0.25, 0.3) is 10.0 Å². The minimum absolute atomic E-state index is 0.0920. The minimum atomic E-state index is -3.48. The fourth-order valence-electron chi connectivity index (χ4n) is 1.90. The van der Waals surface area contributed by atoms with E-state index in [1.165, 1.54) is 16.6 Å². The largest absolute Gasteiger partial charge is 0.326 e. The number of hydrogen-bond donors (Lipinski definition) is 1. The molecule has 18 heavy (non-hydrogen) atoms. The summed E-state index contributed by atoms with van der Waals surface area (Å²) < 4.78 is 26.1. The second-order valence-corrected chi connectivity index (χ2v) is 6.27. The van der Waals surface area contributed by atoms with Crippen molar-refractivity contribution in [1.82, 2.24) is 9.29 Å². The molecule has 5 nitrogen and oxygen atoms in total. The fourth-order valence-corrected chi connectivity index (χ4v) is 3.31. The topological polar surface area (TPSA) is 76.3 Å². The number of nitrogens with zero attached hydrogens (tertiary/aromatic N) is 2. The van der Waals surface area contributed by atoms with Crippen LogP contribution >= 0.6 is 0 Å². The van der Waals surface area contributed by atoms with Crippen molar-refractivity contribution in [3.05, 3.63) is 35.5 Å². The Morgan fingerprint density at radius 3 is 2.78 bits per heavy atom. The molecule has 1 aliphatic heterocycles. The molecule has 0 radical (unpaired) electrons. The normalized spacial score (nSPS) is 17.6. The lowest BCUT2D eigenvalue weighted by molar-refractivity contribution is 0.425. The third-order valence-corrected chi connectivity index (χ3v) is 4.70. The number of sulfonamides is 1. The summed E-state index contributed by atoms with van der Waals surface area (Å²) >= 11 is 0. The standard InChI is InChI=1S/C12H17N3O2S/c1-10-3-2-6-15(9-10)18(16,17)12-5-4-11(7-13)8-14-12/h3-5,8H,2,6-7,9,13H2,1H3. The van der Waals surface area contributed by atoms with E-state index < -0.39 is 10.0 Å². The smallest absolute Gasteiger partial charge is 0.260 e. The molecule has 0 fully saturated rings. The predicted octanol–water partition coefficient (Wildman–Crippen LogP) is 0.881. The number of pyridine rings is 1. The maximum Gasteiger partial charge on any atom is 0.260 e. The van der Waals surface area contributed by atoms with E-state index >= 15 is 0 Å². The molecule has 2 N–H and O–H groups in total. The summed E-state index contributed by atoms with van der Waals surface area (Å²) in [7, 11) is -3.48. The lowest BCUT2D eigenvalue weighted by Gasteiger charge is -2.24. The summed E-state index contributed by atoms with van der Waals surface area (Å²) in [5.74, 6) is 0. The molecular formula is C12H17N3O2S. The molecule has 1 aliphatic rings. The highest BCUT2D eigenvalue weighted by Crippen LogP contribution is 2.18. The zero-order chi connectivity index (χ0) is 13.2. The molecule has 1 aromatic rings. The first-order valence-corrected chi connectivity index (χ1v) is 7.29. The summed E-state index contributed by atoms with van der Waals surface area (Å²) in [5, 5.41) is 0.0920. The monoisotopic (exact) mass is 267 g/mol. The van der Waals surface area contributed by atoms with E-state index in [1.807, 2.05) is 6.92 Å². The summed E-state index contributed by atoms with van der Waals surface area (Å²) in [6, 6.07) is 3.22. The second-order valence-electron chi connectivity index (χ2n) is 4.39. The Bertz CT molecular complexity index is 549. The van der Waals surface area contributed by atoms with E-state index in [0.717, 1.165) is 17.6 Å². The third kappa shape index (κ3) is 2.60. The van der Waals surface area contributed by atoms with Crippen LogP contribution in [-0.4, -0.2) is 30.8 Å². The fraction of sp³-hybridized carbons (Fsp3) is 0.417. The molecule has 0 atom stereocenters. The van der Waals surface area contributed by atoms with E-state index in [4.69, 9.17) is 5.73 Å². The van der Waals surface area contributed by atoms with Crippen LogP contribution in [0.4, 0.5) is 0 Å². The number of hydrogen-bond acceptors (Lipinski definition) is 4. The maximum atomic E-state index is 12.3. The molecule has 0 amide bonds. The van der Waals surface area contributed by atoms with Crippen molar-refractivity contribution >= 4 is 10.0 Å². The van der Waals surface area contributed by atoms with Gasteiger partial charge in [-0.2, -0.15) is 4.31 Å². The van der Waals surface area contributed by atoms with Crippen LogP contribution in [0.2, 0.25) is 0 Å². The lowest BCUT2D eigenvalue weighted by atomic mass is 10.2. The molecule has 98 valence electrons. The molecule has 2 rings (SSSR count). The Kier molecular flexibility index (Phi) is 3.79. The molecule has 0 aliphatic carbocycles. The van der Waals surface area contributed by atoms with Crippen molar-refractivity contribution in [3.8, 4) is 0 Å². The van der Waals surface area contributed by atoms with Crippen LogP contribution < -0.4 is 5.73 Å². The van der Waals surface area contributed by atoms with Crippen LogP contribution in [0.15, 0.2) is 35.0 Å². The number of aromatic nitrogens is 1. The van der Waals surface area contributed by atoms with Gasteiger partial charge in [-0.25, -0.2) is 13.4 Å². The Balaban J connectivity index is 2.27. The zero-order valence-electron chi connectivity index (χ0n) is 10.3. The SMILES string of the molecule is CC1=CCCN(S(=O)(=O)c2ccc(CN)cn2)C1. The molecule has 0 unspecified atom stereocenters. The van der Waals surface area contributed by atoms with E-state index in [0.29, 0.717) is 19.6 Å². The van der Waals surface area contributed by atoms with E-state index in [9.17, 15) is 8.42 Å². The van der Waals surface area contributed by atoms with Crippen molar-refractivity contribution in [1.29, 1.82) is 0 Å². The highest BCUT2D eigenvalue weighted by molar-refractivity contribution is 7.89. The van der Waals surface area contributed by atoms with Crippen molar-refractivity contribution in [3.63, 3.8) is 0 Å². The number of nitrogens with two attached hydrogens (primary N) is 1. The molecule has 2 heterocycles. The molecule has 0 spiro atoms. The van der Waals surface area contributed by atoms with E-state index in [-0.39, 0.29) is 5.03 Å². The van der Waals surface area contributed by atoms with Crippen LogP contribution in [-0.2, 0) is 16.6 Å². The molecule has 6 heteroatoms. The predicted molar refractivity (Wildman–Crippen MR) is 69.3 cm³/mol. The highest BCUT2D eigenvalue weighted by atomic mass is 32.2. The third-order valence-electron chi connectivity index (χ3n) is 2.93. The Labute approximate surface area is 107 Å². The van der Waals surface area contributed by atoms with Gasteiger partial charge in [-0.05, 0) is 25.0 Å². The van der Waals surface area contributed by atoms with Crippen LogP contribution in [0, 0.1) is 0 Å². The zero-order valence-corrected chi connectivity index (χ0v) is 11.2. The molecule has 0 bridgehead atoms. The van der Waals surface area contributed by atoms with Crippen molar-refractivity contribution in [2.45, 2.75) is 24.9 Å². The van der Waals surface area contributed by atoms with Gasteiger partial charge in [0.05, 0.1) is 0 Å². The van der Waals surface area contributed by atoms with Gasteiger partial charge in [-0.15, -0.1) is 0 Å². The summed E-state index contributed by atoms with van der Waals surface area (Å²) in [6.45, 7) is 3.26. The first kappa shape index (κ1) is 13.2. The highest BCUT2D eigenvalue weighted by Gasteiger charge is 2.26. The van der Waals surface area contributed by atoms with Gasteiger partial charge in [-0.1, -0.05) is 17.7 Å². The number of rotatable bonds is 3. The molecule has 1 aromatic heterocycles. The van der Waals surface area contributed by atoms with E-state index in [2.05, 4.69) is 11.1 Å². The quantitative estimate of drug-likeness (QED) is 0.825. The van der Waals surface area contributed by atoms with Gasteiger partial charge in [0.15, 0.2) is 5.03 Å². The van der Waals surface area contributed by atoms with Crippen molar-refractivity contribution < 1.29 is 8.42 Å². The summed E-state index contributed by atoms with van der Waals surface area (Å²) in [4.78, 5) is 3.99. The minimum Gasteiger partial charge on any atom is -0.326 e. The molecule has 0 saturated heterocycles. The van der Waals surface area contributed by atoms with Gasteiger partial charge in [-0.3, -0.25) is 0 Å². The van der Waals surface area contributed by atoms with Crippen LogP contribution in [0.5, 0.6) is 0 Å². The van der Waals surface area contributed by atoms with Gasteiger partial charge < -0.3 is 5.73 Å².